The van der Waals surface area contributed by atoms with Crippen LogP contribution in [0.5, 0.6) is 23.0 Å². The fourth-order valence-electron chi connectivity index (χ4n) is 3.84. The van der Waals surface area contributed by atoms with Gasteiger partial charge in [0.15, 0.2) is 22.5 Å². The summed E-state index contributed by atoms with van der Waals surface area (Å²) in [6, 6.07) is 20.9. The maximum Gasteiger partial charge on any atom is 0.250 e. The van der Waals surface area contributed by atoms with E-state index in [-0.39, 0.29) is 11.7 Å². The molecule has 0 aliphatic rings. The fraction of sp³-hybridized carbons (Fsp3) is 0.172. The van der Waals surface area contributed by atoms with E-state index in [2.05, 4.69) is 20.7 Å². The number of nitrogens with one attached hydrogen (secondary N) is 1. The van der Waals surface area contributed by atoms with E-state index in [0.29, 0.717) is 33.8 Å². The van der Waals surface area contributed by atoms with E-state index in [0.717, 1.165) is 17.0 Å². The van der Waals surface area contributed by atoms with Crippen molar-refractivity contribution in [2.75, 3.05) is 34.2 Å². The number of hydrogen-bond donors (Lipinski definition) is 1. The van der Waals surface area contributed by atoms with Crippen LogP contribution in [0.1, 0.15) is 5.56 Å². The van der Waals surface area contributed by atoms with Gasteiger partial charge in [-0.05, 0) is 42.5 Å². The van der Waals surface area contributed by atoms with Crippen LogP contribution in [0.15, 0.2) is 83.1 Å². The van der Waals surface area contributed by atoms with Gasteiger partial charge in [0.1, 0.15) is 5.75 Å². The van der Waals surface area contributed by atoms with Crippen molar-refractivity contribution in [3.8, 4) is 40.1 Å². The topological polar surface area (TPSA) is 109 Å². The smallest absolute Gasteiger partial charge is 0.250 e. The number of para-hydroxylation sites is 2. The Morgan fingerprint density at radius 2 is 1.57 bits per heavy atom. The Bertz CT molecular complexity index is 1480. The Balaban J connectivity index is 1.51. The van der Waals surface area contributed by atoms with Gasteiger partial charge in [-0.15, -0.1) is 10.2 Å². The molecule has 4 aromatic rings. The molecule has 1 amide bonds. The van der Waals surface area contributed by atoms with Gasteiger partial charge in [-0.2, -0.15) is 5.10 Å². The first-order valence-electron chi connectivity index (χ1n) is 12.1. The number of rotatable bonds is 12. The molecule has 0 radical (unpaired) electrons. The number of carbonyl (C=O) groups is 1. The summed E-state index contributed by atoms with van der Waals surface area (Å²) in [5, 5.41) is 13.3. The van der Waals surface area contributed by atoms with Crippen LogP contribution in [0, 0.1) is 0 Å². The number of hydrogen-bond acceptors (Lipinski definition) is 9. The highest BCUT2D eigenvalue weighted by Gasteiger charge is 2.21. The number of methoxy groups -OCH3 is 4. The number of aromatic nitrogens is 3. The number of thioether (sulfide) groups is 1. The molecule has 206 valence electrons. The van der Waals surface area contributed by atoms with E-state index in [4.69, 9.17) is 18.9 Å². The van der Waals surface area contributed by atoms with Gasteiger partial charge in [0, 0.05) is 23.0 Å². The molecule has 0 saturated carbocycles. The van der Waals surface area contributed by atoms with Gasteiger partial charge in [0.25, 0.3) is 5.91 Å². The molecule has 1 aromatic heterocycles. The standard InChI is InChI=1S/C29H29N5O5S/c1-36-23-15-9-8-11-20(23)12-10-16-30-31-26(35)19-40-29-33-32-28(34(29)22-13-6-5-7-14-22)21-17-24(37-2)27(39-4)25(18-21)38-3/h5-18H,19H2,1-4H3,(H,31,35)/b12-10+,30-16-. The third-order valence-corrected chi connectivity index (χ3v) is 6.60. The average molecular weight is 560 g/mol. The highest BCUT2D eigenvalue weighted by molar-refractivity contribution is 7.99. The van der Waals surface area contributed by atoms with Crippen molar-refractivity contribution < 1.29 is 23.7 Å². The quantitative estimate of drug-likeness (QED) is 0.149. The zero-order valence-corrected chi connectivity index (χ0v) is 23.3. The lowest BCUT2D eigenvalue weighted by atomic mass is 10.1. The maximum atomic E-state index is 12.5. The van der Waals surface area contributed by atoms with Crippen LogP contribution in [-0.2, 0) is 4.79 Å². The number of amides is 1. The molecule has 0 atom stereocenters. The van der Waals surface area contributed by atoms with Gasteiger partial charge in [0.2, 0.25) is 5.75 Å². The van der Waals surface area contributed by atoms with Crippen LogP contribution in [0.2, 0.25) is 0 Å². The second-order valence-corrected chi connectivity index (χ2v) is 9.04. The zero-order valence-electron chi connectivity index (χ0n) is 22.5. The first-order chi connectivity index (χ1) is 19.6. The summed E-state index contributed by atoms with van der Waals surface area (Å²) in [6.45, 7) is 0. The molecule has 0 spiro atoms. The van der Waals surface area contributed by atoms with Crippen molar-refractivity contribution in [2.45, 2.75) is 5.16 Å². The molecule has 11 heteroatoms. The zero-order chi connectivity index (χ0) is 28.3. The molecule has 1 N–H and O–H groups in total. The fourth-order valence-corrected chi connectivity index (χ4v) is 4.58. The maximum absolute atomic E-state index is 12.5. The lowest BCUT2D eigenvalue weighted by molar-refractivity contribution is -0.118. The molecule has 1 heterocycles. The van der Waals surface area contributed by atoms with Crippen molar-refractivity contribution in [1.82, 2.24) is 20.2 Å². The normalized spacial score (nSPS) is 11.1. The Hall–Kier alpha value is -4.77. The molecule has 0 aliphatic carbocycles. The van der Waals surface area contributed by atoms with Crippen LogP contribution in [0.3, 0.4) is 0 Å². The molecule has 0 fully saturated rings. The van der Waals surface area contributed by atoms with Gasteiger partial charge >= 0.3 is 0 Å². The summed E-state index contributed by atoms with van der Waals surface area (Å²) in [6.07, 6.45) is 5.07. The number of nitrogens with zero attached hydrogens (tertiary/aromatic N) is 4. The molecule has 0 unspecified atom stereocenters. The summed E-state index contributed by atoms with van der Waals surface area (Å²) >= 11 is 1.24. The van der Waals surface area contributed by atoms with Gasteiger partial charge in [-0.25, -0.2) is 5.43 Å². The van der Waals surface area contributed by atoms with Crippen LogP contribution in [-0.4, -0.2) is 61.1 Å². The lowest BCUT2D eigenvalue weighted by Gasteiger charge is -2.15. The molecule has 0 aliphatic heterocycles. The number of ether oxygens (including phenoxy) is 4. The monoisotopic (exact) mass is 559 g/mol. The van der Waals surface area contributed by atoms with Gasteiger partial charge in [-0.1, -0.05) is 48.2 Å². The number of benzene rings is 3. The summed E-state index contributed by atoms with van der Waals surface area (Å²) in [5.41, 5.74) is 4.97. The second-order valence-electron chi connectivity index (χ2n) is 8.09. The second kappa shape index (κ2) is 13.9. The number of carbonyl (C=O) groups excluding carboxylic acids is 1. The van der Waals surface area contributed by atoms with E-state index in [1.54, 1.807) is 46.6 Å². The van der Waals surface area contributed by atoms with E-state index >= 15 is 0 Å². The molecule has 0 saturated heterocycles. The third kappa shape index (κ3) is 6.62. The van der Waals surface area contributed by atoms with Crippen molar-refractivity contribution in [3.63, 3.8) is 0 Å². The molecule has 0 bridgehead atoms. The minimum atomic E-state index is -0.288. The molecule has 3 aromatic carbocycles. The van der Waals surface area contributed by atoms with E-state index < -0.39 is 0 Å². The van der Waals surface area contributed by atoms with Crippen LogP contribution >= 0.6 is 11.8 Å². The Labute approximate surface area is 236 Å². The van der Waals surface area contributed by atoms with Crippen LogP contribution in [0.4, 0.5) is 0 Å². The lowest BCUT2D eigenvalue weighted by Crippen LogP contribution is -2.19. The SMILES string of the molecule is COc1ccccc1/C=C/C=N\NC(=O)CSc1nnc(-c2cc(OC)c(OC)c(OC)c2)n1-c1ccccc1. The third-order valence-electron chi connectivity index (χ3n) is 5.67. The van der Waals surface area contributed by atoms with E-state index in [1.807, 2.05) is 65.2 Å². The van der Waals surface area contributed by atoms with Crippen LogP contribution in [0.25, 0.3) is 23.2 Å². The Morgan fingerprint density at radius 3 is 2.25 bits per heavy atom. The average Bonchev–Trinajstić information content (AvgIpc) is 3.43. The van der Waals surface area contributed by atoms with Crippen LogP contribution < -0.4 is 24.4 Å². The Morgan fingerprint density at radius 1 is 0.900 bits per heavy atom. The van der Waals surface area contributed by atoms with Crippen molar-refractivity contribution in [1.29, 1.82) is 0 Å². The summed E-state index contributed by atoms with van der Waals surface area (Å²) in [4.78, 5) is 12.5. The highest BCUT2D eigenvalue weighted by atomic mass is 32.2. The molecule has 40 heavy (non-hydrogen) atoms. The highest BCUT2D eigenvalue weighted by Crippen LogP contribution is 2.41. The number of hydrazone groups is 1. The minimum absolute atomic E-state index is 0.0772. The summed E-state index contributed by atoms with van der Waals surface area (Å²) < 4.78 is 23.7. The van der Waals surface area contributed by atoms with E-state index in [1.165, 1.54) is 18.0 Å². The predicted molar refractivity (Wildman–Crippen MR) is 156 cm³/mol. The van der Waals surface area contributed by atoms with Gasteiger partial charge in [-0.3, -0.25) is 9.36 Å². The summed E-state index contributed by atoms with van der Waals surface area (Å²) in [5.74, 6) is 2.55. The minimum Gasteiger partial charge on any atom is -0.496 e. The van der Waals surface area contributed by atoms with Crippen molar-refractivity contribution in [2.24, 2.45) is 5.10 Å². The number of allylic oxidation sites excluding steroid dienone is 1. The molecular weight excluding hydrogens is 530 g/mol. The van der Waals surface area contributed by atoms with E-state index in [9.17, 15) is 4.79 Å². The van der Waals surface area contributed by atoms with Crippen molar-refractivity contribution in [3.05, 3.63) is 78.4 Å². The van der Waals surface area contributed by atoms with Gasteiger partial charge < -0.3 is 18.9 Å². The summed E-state index contributed by atoms with van der Waals surface area (Å²) in [7, 11) is 6.28. The predicted octanol–water partition coefficient (Wildman–Crippen LogP) is 4.88. The molecular formula is C29H29N5O5S. The molecule has 4 rings (SSSR count). The Kier molecular flexibility index (Phi) is 9.78. The largest absolute Gasteiger partial charge is 0.496 e. The van der Waals surface area contributed by atoms with Gasteiger partial charge in [0.05, 0.1) is 34.2 Å². The first kappa shape index (κ1) is 28.2. The van der Waals surface area contributed by atoms with Crippen molar-refractivity contribution >= 4 is 30.0 Å². The molecule has 10 nitrogen and oxygen atoms in total. The first-order valence-corrected chi connectivity index (χ1v) is 13.1.